The topological polar surface area (TPSA) is 76.4 Å². The number of hydrogen-bond donors (Lipinski definition) is 0. The van der Waals surface area contributed by atoms with Crippen molar-refractivity contribution in [2.24, 2.45) is 0 Å². The molecule has 0 unspecified atom stereocenters. The van der Waals surface area contributed by atoms with Gasteiger partial charge in [-0.15, -0.1) is 0 Å². The van der Waals surface area contributed by atoms with Crippen molar-refractivity contribution in [1.82, 2.24) is 0 Å². The van der Waals surface area contributed by atoms with Crippen molar-refractivity contribution >= 4 is 21.7 Å². The van der Waals surface area contributed by atoms with Gasteiger partial charge in [0.1, 0.15) is 4.90 Å². The molecule has 2 rings (SSSR count). The average Bonchev–Trinajstić information content (AvgIpc) is 2.49. The maximum absolute atomic E-state index is 12.4. The molecule has 0 heterocycles. The molecule has 7 heteroatoms. The Morgan fingerprint density at radius 3 is 2.50 bits per heavy atom. The fraction of sp³-hybridized carbons (Fsp3) is 0.133. The van der Waals surface area contributed by atoms with Gasteiger partial charge < -0.3 is 8.92 Å². The molecule has 0 saturated carbocycles. The fourth-order valence-corrected chi connectivity index (χ4v) is 3.25. The molecule has 0 aliphatic rings. The van der Waals surface area contributed by atoms with Crippen LogP contribution in [0.1, 0.15) is 11.1 Å². The molecule has 0 radical (unpaired) electrons. The molecule has 0 aliphatic heterocycles. The molecular weight excluding hydrogens is 326 g/mol. The van der Waals surface area contributed by atoms with E-state index < -0.39 is 10.1 Å². The second-order valence-corrected chi connectivity index (χ2v) is 6.38. The van der Waals surface area contributed by atoms with Crippen molar-refractivity contribution in [2.75, 3.05) is 7.11 Å². The Morgan fingerprint density at radius 2 is 1.86 bits per heavy atom. The Hall–Kier alpha value is -2.23. The predicted octanol–water partition coefficient (Wildman–Crippen LogP) is 3.30. The van der Waals surface area contributed by atoms with Crippen LogP contribution >= 0.6 is 11.6 Å². The first-order valence-corrected chi connectivity index (χ1v) is 7.95. The lowest BCUT2D eigenvalue weighted by Gasteiger charge is -2.12. The Balaban J connectivity index is 2.45. The number of nitrogens with zero attached hydrogens (tertiary/aromatic N) is 1. The van der Waals surface area contributed by atoms with Crippen molar-refractivity contribution in [1.29, 1.82) is 5.26 Å². The monoisotopic (exact) mass is 337 g/mol. The summed E-state index contributed by atoms with van der Waals surface area (Å²) in [5.41, 5.74) is 0.845. The maximum atomic E-state index is 12.4. The van der Waals surface area contributed by atoms with Crippen molar-refractivity contribution in [3.63, 3.8) is 0 Å². The van der Waals surface area contributed by atoms with Gasteiger partial charge in [-0.25, -0.2) is 0 Å². The molecule has 0 bridgehead atoms. The number of methoxy groups -OCH3 is 1. The smallest absolute Gasteiger partial charge is 0.339 e. The van der Waals surface area contributed by atoms with Crippen molar-refractivity contribution < 1.29 is 17.3 Å². The highest BCUT2D eigenvalue weighted by atomic mass is 35.5. The van der Waals surface area contributed by atoms with Crippen LogP contribution in [0.25, 0.3) is 0 Å². The molecule has 0 spiro atoms. The highest BCUT2D eigenvalue weighted by molar-refractivity contribution is 7.87. The SMILES string of the molecule is COc1cc(C#N)ccc1OS(=O)(=O)c1cc(Cl)ccc1C. The van der Waals surface area contributed by atoms with Gasteiger partial charge in [0, 0.05) is 11.1 Å². The molecule has 0 fully saturated rings. The van der Waals surface area contributed by atoms with Gasteiger partial charge in [-0.3, -0.25) is 0 Å². The normalized spacial score (nSPS) is 10.8. The summed E-state index contributed by atoms with van der Waals surface area (Å²) in [6, 6.07) is 10.7. The Labute approximate surface area is 133 Å². The standard InChI is InChI=1S/C15H12ClNO4S/c1-10-3-5-12(16)8-15(10)22(18,19)21-13-6-4-11(9-17)7-14(13)20-2/h3-8H,1-2H3. The molecular formula is C15H12ClNO4S. The van der Waals surface area contributed by atoms with E-state index in [1.807, 2.05) is 6.07 Å². The highest BCUT2D eigenvalue weighted by Crippen LogP contribution is 2.31. The van der Waals surface area contributed by atoms with E-state index in [2.05, 4.69) is 0 Å². The summed E-state index contributed by atoms with van der Waals surface area (Å²) < 4.78 is 35.0. The van der Waals surface area contributed by atoms with E-state index in [1.165, 1.54) is 31.4 Å². The summed E-state index contributed by atoms with van der Waals surface area (Å²) in [5, 5.41) is 9.14. The molecule has 114 valence electrons. The van der Waals surface area contributed by atoms with Gasteiger partial charge in [0.2, 0.25) is 0 Å². The Morgan fingerprint density at radius 1 is 1.14 bits per heavy atom. The first-order valence-electron chi connectivity index (χ1n) is 6.16. The molecule has 22 heavy (non-hydrogen) atoms. The summed E-state index contributed by atoms with van der Waals surface area (Å²) in [7, 11) is -2.70. The summed E-state index contributed by atoms with van der Waals surface area (Å²) in [4.78, 5) is -0.0218. The van der Waals surface area contributed by atoms with E-state index in [-0.39, 0.29) is 16.4 Å². The molecule has 2 aromatic carbocycles. The summed E-state index contributed by atoms with van der Waals surface area (Å²) >= 11 is 5.84. The lowest BCUT2D eigenvalue weighted by Crippen LogP contribution is -2.12. The number of hydrogen-bond acceptors (Lipinski definition) is 5. The van der Waals surface area contributed by atoms with E-state index in [9.17, 15) is 8.42 Å². The van der Waals surface area contributed by atoms with Crippen LogP contribution in [0.5, 0.6) is 11.5 Å². The molecule has 2 aromatic rings. The summed E-state index contributed by atoms with van der Waals surface area (Å²) in [5.74, 6) is 0.156. The van der Waals surface area contributed by atoms with E-state index in [4.69, 9.17) is 25.8 Å². The van der Waals surface area contributed by atoms with Gasteiger partial charge in [0.15, 0.2) is 11.5 Å². The summed E-state index contributed by atoms with van der Waals surface area (Å²) in [6.45, 7) is 1.64. The molecule has 0 aliphatic carbocycles. The minimum atomic E-state index is -4.07. The number of ether oxygens (including phenoxy) is 1. The average molecular weight is 338 g/mol. The zero-order valence-electron chi connectivity index (χ0n) is 11.8. The number of nitriles is 1. The summed E-state index contributed by atoms with van der Waals surface area (Å²) in [6.07, 6.45) is 0. The second-order valence-electron chi connectivity index (χ2n) is 4.42. The minimum absolute atomic E-state index is 0.000811. The van der Waals surface area contributed by atoms with Crippen LogP contribution < -0.4 is 8.92 Å². The molecule has 0 atom stereocenters. The fourth-order valence-electron chi connectivity index (χ4n) is 1.81. The number of rotatable bonds is 4. The van der Waals surface area contributed by atoms with Gasteiger partial charge in [-0.05, 0) is 36.8 Å². The molecule has 0 aromatic heterocycles. The Kier molecular flexibility index (Phi) is 4.59. The predicted molar refractivity (Wildman–Crippen MR) is 81.7 cm³/mol. The molecule has 0 N–H and O–H groups in total. The second kappa shape index (κ2) is 6.26. The quantitative estimate of drug-likeness (QED) is 0.800. The van der Waals surface area contributed by atoms with Crippen molar-refractivity contribution in [3.05, 3.63) is 52.5 Å². The lowest BCUT2D eigenvalue weighted by molar-refractivity contribution is 0.390. The van der Waals surface area contributed by atoms with Crippen LogP contribution in [0.2, 0.25) is 5.02 Å². The highest BCUT2D eigenvalue weighted by Gasteiger charge is 2.22. The zero-order valence-corrected chi connectivity index (χ0v) is 13.4. The van der Waals surface area contributed by atoms with Gasteiger partial charge in [0.25, 0.3) is 0 Å². The van der Waals surface area contributed by atoms with Crippen molar-refractivity contribution in [3.8, 4) is 17.6 Å². The molecule has 0 amide bonds. The van der Waals surface area contributed by atoms with Gasteiger partial charge in [-0.2, -0.15) is 13.7 Å². The lowest BCUT2D eigenvalue weighted by atomic mass is 10.2. The van der Waals surface area contributed by atoms with Crippen LogP contribution in [-0.4, -0.2) is 15.5 Å². The molecule has 0 saturated heterocycles. The third-order valence-electron chi connectivity index (χ3n) is 2.91. The van der Waals surface area contributed by atoms with Gasteiger partial charge >= 0.3 is 10.1 Å². The number of benzene rings is 2. The van der Waals surface area contributed by atoms with E-state index >= 15 is 0 Å². The molecule has 5 nitrogen and oxygen atoms in total. The third-order valence-corrected chi connectivity index (χ3v) is 4.52. The first-order chi connectivity index (χ1) is 10.4. The number of aryl methyl sites for hydroxylation is 1. The third kappa shape index (κ3) is 3.32. The van der Waals surface area contributed by atoms with Gasteiger partial charge in [-0.1, -0.05) is 17.7 Å². The van der Waals surface area contributed by atoms with Gasteiger partial charge in [0.05, 0.1) is 18.7 Å². The Bertz CT molecular complexity index is 856. The van der Waals surface area contributed by atoms with Crippen LogP contribution in [-0.2, 0) is 10.1 Å². The first kappa shape index (κ1) is 16.1. The van der Waals surface area contributed by atoms with Crippen LogP contribution in [0.3, 0.4) is 0 Å². The van der Waals surface area contributed by atoms with E-state index in [1.54, 1.807) is 19.1 Å². The van der Waals surface area contributed by atoms with Crippen LogP contribution in [0.4, 0.5) is 0 Å². The zero-order chi connectivity index (χ0) is 16.3. The van der Waals surface area contributed by atoms with Crippen LogP contribution in [0.15, 0.2) is 41.3 Å². The van der Waals surface area contributed by atoms with Crippen molar-refractivity contribution in [2.45, 2.75) is 11.8 Å². The number of halogens is 1. The largest absolute Gasteiger partial charge is 0.493 e. The van der Waals surface area contributed by atoms with E-state index in [0.29, 0.717) is 16.1 Å². The van der Waals surface area contributed by atoms with E-state index in [0.717, 1.165) is 0 Å². The maximum Gasteiger partial charge on any atom is 0.339 e. The van der Waals surface area contributed by atoms with Crippen LogP contribution in [0, 0.1) is 18.3 Å². The minimum Gasteiger partial charge on any atom is -0.493 e.